The summed E-state index contributed by atoms with van der Waals surface area (Å²) in [6.45, 7) is 3.25. The number of hydrogen-bond acceptors (Lipinski definition) is 3. The molecule has 2 aromatic rings. The Labute approximate surface area is 98.2 Å². The second-order valence-electron chi connectivity index (χ2n) is 3.56. The van der Waals surface area contributed by atoms with E-state index in [-0.39, 0.29) is 5.82 Å². The molecule has 0 unspecified atom stereocenters. The Kier molecular flexibility index (Phi) is 3.64. The van der Waals surface area contributed by atoms with Gasteiger partial charge < -0.3 is 5.32 Å². The molecule has 0 aliphatic rings. The molecule has 0 saturated heterocycles. The number of benzene rings is 1. The first kappa shape index (κ1) is 11.2. The quantitative estimate of drug-likeness (QED) is 0.883. The van der Waals surface area contributed by atoms with E-state index in [4.69, 9.17) is 0 Å². The fourth-order valence-electron chi connectivity index (χ4n) is 1.43. The van der Waals surface area contributed by atoms with E-state index in [1.54, 1.807) is 23.5 Å². The summed E-state index contributed by atoms with van der Waals surface area (Å²) in [6, 6.07) is 6.80. The summed E-state index contributed by atoms with van der Waals surface area (Å²) in [7, 11) is 0. The minimum atomic E-state index is -0.162. The molecule has 4 heteroatoms. The smallest absolute Gasteiger partial charge is 0.127 e. The Morgan fingerprint density at radius 2 is 2.12 bits per heavy atom. The molecule has 1 N–H and O–H groups in total. The Hall–Kier alpha value is -1.26. The van der Waals surface area contributed by atoms with Crippen molar-refractivity contribution in [3.8, 4) is 0 Å². The van der Waals surface area contributed by atoms with Crippen molar-refractivity contribution >= 4 is 11.3 Å². The van der Waals surface area contributed by atoms with E-state index >= 15 is 0 Å². The van der Waals surface area contributed by atoms with Gasteiger partial charge >= 0.3 is 0 Å². The minimum absolute atomic E-state index is 0.162. The summed E-state index contributed by atoms with van der Waals surface area (Å²) < 4.78 is 13.3. The minimum Gasteiger partial charge on any atom is -0.306 e. The molecule has 1 aromatic carbocycles. The van der Waals surface area contributed by atoms with Crippen molar-refractivity contribution in [2.24, 2.45) is 0 Å². The Balaban J connectivity index is 1.87. The van der Waals surface area contributed by atoms with Crippen molar-refractivity contribution in [3.63, 3.8) is 0 Å². The van der Waals surface area contributed by atoms with Crippen LogP contribution in [0.3, 0.4) is 0 Å². The van der Waals surface area contributed by atoms with Gasteiger partial charge in [0.15, 0.2) is 0 Å². The van der Waals surface area contributed by atoms with Crippen LogP contribution in [0, 0.1) is 12.7 Å². The summed E-state index contributed by atoms with van der Waals surface area (Å²) in [5.41, 5.74) is 0.691. The van der Waals surface area contributed by atoms with Gasteiger partial charge in [-0.25, -0.2) is 9.37 Å². The highest BCUT2D eigenvalue weighted by atomic mass is 32.1. The normalized spacial score (nSPS) is 10.6. The lowest BCUT2D eigenvalue weighted by Gasteiger charge is -2.03. The molecule has 1 heterocycles. The van der Waals surface area contributed by atoms with Crippen LogP contribution in [-0.4, -0.2) is 4.98 Å². The van der Waals surface area contributed by atoms with Crippen LogP contribution in [0.25, 0.3) is 0 Å². The second-order valence-corrected chi connectivity index (χ2v) is 4.88. The van der Waals surface area contributed by atoms with Gasteiger partial charge in [0.1, 0.15) is 10.8 Å². The number of aryl methyl sites for hydroxylation is 1. The van der Waals surface area contributed by atoms with Crippen molar-refractivity contribution in [2.75, 3.05) is 0 Å². The highest BCUT2D eigenvalue weighted by molar-refractivity contribution is 7.11. The van der Waals surface area contributed by atoms with Crippen molar-refractivity contribution in [3.05, 3.63) is 51.7 Å². The van der Waals surface area contributed by atoms with E-state index in [9.17, 15) is 4.39 Å². The topological polar surface area (TPSA) is 24.9 Å². The molecule has 0 fully saturated rings. The fraction of sp³-hybridized carbons (Fsp3) is 0.250. The summed E-state index contributed by atoms with van der Waals surface area (Å²) in [5.74, 6) is -0.162. The summed E-state index contributed by atoms with van der Waals surface area (Å²) in [5, 5.41) is 4.22. The Bertz CT molecular complexity index is 468. The number of thiazole rings is 1. The average molecular weight is 236 g/mol. The zero-order valence-corrected chi connectivity index (χ0v) is 9.85. The molecular weight excluding hydrogens is 223 g/mol. The van der Waals surface area contributed by atoms with E-state index in [2.05, 4.69) is 10.3 Å². The molecule has 0 amide bonds. The maximum atomic E-state index is 13.3. The molecule has 0 spiro atoms. The number of nitrogens with zero attached hydrogens (tertiary/aromatic N) is 1. The first-order chi connectivity index (χ1) is 7.75. The number of halogens is 1. The third-order valence-electron chi connectivity index (χ3n) is 2.22. The molecule has 0 radical (unpaired) electrons. The molecule has 0 atom stereocenters. The first-order valence-electron chi connectivity index (χ1n) is 5.11. The number of rotatable bonds is 4. The fourth-order valence-corrected chi connectivity index (χ4v) is 2.19. The molecule has 0 saturated carbocycles. The molecule has 84 valence electrons. The van der Waals surface area contributed by atoms with E-state index in [0.29, 0.717) is 18.7 Å². The SMILES string of the molecule is Cc1cnc(CNCc2ccccc2F)s1. The van der Waals surface area contributed by atoms with Gasteiger partial charge in [-0.2, -0.15) is 0 Å². The van der Waals surface area contributed by atoms with E-state index in [0.717, 1.165) is 5.01 Å². The third-order valence-corrected chi connectivity index (χ3v) is 3.13. The zero-order valence-electron chi connectivity index (χ0n) is 9.03. The van der Waals surface area contributed by atoms with Gasteiger partial charge in [-0.05, 0) is 13.0 Å². The predicted octanol–water partition coefficient (Wildman–Crippen LogP) is 2.88. The standard InChI is InChI=1S/C12H13FN2S/c1-9-6-15-12(16-9)8-14-7-10-4-2-3-5-11(10)13/h2-6,14H,7-8H2,1H3. The van der Waals surface area contributed by atoms with Gasteiger partial charge in [0, 0.05) is 29.7 Å². The van der Waals surface area contributed by atoms with Gasteiger partial charge in [0.2, 0.25) is 0 Å². The summed E-state index contributed by atoms with van der Waals surface area (Å²) in [6.07, 6.45) is 1.85. The Morgan fingerprint density at radius 3 is 2.81 bits per heavy atom. The van der Waals surface area contributed by atoms with Crippen LogP contribution in [0.15, 0.2) is 30.5 Å². The molecule has 1 aromatic heterocycles. The molecule has 16 heavy (non-hydrogen) atoms. The largest absolute Gasteiger partial charge is 0.306 e. The van der Waals surface area contributed by atoms with Crippen LogP contribution in [0.4, 0.5) is 4.39 Å². The maximum absolute atomic E-state index is 13.3. The summed E-state index contributed by atoms with van der Waals surface area (Å²) in [4.78, 5) is 5.43. The third kappa shape index (κ3) is 2.87. The Morgan fingerprint density at radius 1 is 1.31 bits per heavy atom. The van der Waals surface area contributed by atoms with Gasteiger partial charge in [0.25, 0.3) is 0 Å². The lowest BCUT2D eigenvalue weighted by Crippen LogP contribution is -2.13. The zero-order chi connectivity index (χ0) is 11.4. The second kappa shape index (κ2) is 5.18. The van der Waals surface area contributed by atoms with Gasteiger partial charge in [0.05, 0.1) is 0 Å². The van der Waals surface area contributed by atoms with Gasteiger partial charge in [-0.1, -0.05) is 18.2 Å². The predicted molar refractivity (Wildman–Crippen MR) is 63.8 cm³/mol. The monoisotopic (exact) mass is 236 g/mol. The van der Waals surface area contributed by atoms with Crippen LogP contribution in [0.2, 0.25) is 0 Å². The van der Waals surface area contributed by atoms with E-state index < -0.39 is 0 Å². The first-order valence-corrected chi connectivity index (χ1v) is 5.93. The van der Waals surface area contributed by atoms with Crippen molar-refractivity contribution in [1.82, 2.24) is 10.3 Å². The molecule has 2 nitrogen and oxygen atoms in total. The lowest BCUT2D eigenvalue weighted by molar-refractivity contribution is 0.587. The van der Waals surface area contributed by atoms with Crippen LogP contribution in [-0.2, 0) is 13.1 Å². The van der Waals surface area contributed by atoms with Crippen molar-refractivity contribution in [2.45, 2.75) is 20.0 Å². The van der Waals surface area contributed by atoms with Crippen LogP contribution in [0.1, 0.15) is 15.4 Å². The molecule has 0 aliphatic heterocycles. The molecule has 0 aliphatic carbocycles. The average Bonchev–Trinajstić information content (AvgIpc) is 2.67. The van der Waals surface area contributed by atoms with Crippen molar-refractivity contribution in [1.29, 1.82) is 0 Å². The highest BCUT2D eigenvalue weighted by Gasteiger charge is 2.01. The van der Waals surface area contributed by atoms with Crippen molar-refractivity contribution < 1.29 is 4.39 Å². The van der Waals surface area contributed by atoms with E-state index in [1.807, 2.05) is 19.2 Å². The van der Waals surface area contributed by atoms with Crippen LogP contribution in [0.5, 0.6) is 0 Å². The van der Waals surface area contributed by atoms with Crippen LogP contribution >= 0.6 is 11.3 Å². The van der Waals surface area contributed by atoms with E-state index in [1.165, 1.54) is 10.9 Å². The van der Waals surface area contributed by atoms with Crippen LogP contribution < -0.4 is 5.32 Å². The lowest BCUT2D eigenvalue weighted by atomic mass is 10.2. The highest BCUT2D eigenvalue weighted by Crippen LogP contribution is 2.11. The number of nitrogens with one attached hydrogen (secondary N) is 1. The maximum Gasteiger partial charge on any atom is 0.127 e. The molecule has 2 rings (SSSR count). The number of hydrogen-bond donors (Lipinski definition) is 1. The summed E-state index contributed by atoms with van der Waals surface area (Å²) >= 11 is 1.66. The number of aromatic nitrogens is 1. The molecule has 0 bridgehead atoms. The van der Waals surface area contributed by atoms with Gasteiger partial charge in [-0.3, -0.25) is 0 Å². The molecular formula is C12H13FN2S. The van der Waals surface area contributed by atoms with Gasteiger partial charge in [-0.15, -0.1) is 11.3 Å².